The van der Waals surface area contributed by atoms with Crippen LogP contribution in [0.2, 0.25) is 0 Å². The number of hydrogen-bond acceptors (Lipinski definition) is 7. The first-order valence-electron chi connectivity index (χ1n) is 10.4. The van der Waals surface area contributed by atoms with Crippen molar-refractivity contribution in [3.8, 4) is 0 Å². The second kappa shape index (κ2) is 6.64. The molecule has 29 heavy (non-hydrogen) atoms. The molecule has 0 aromatic carbocycles. The molecule has 3 aromatic rings. The zero-order valence-corrected chi connectivity index (χ0v) is 17.6. The van der Waals surface area contributed by atoms with Gasteiger partial charge in [0, 0.05) is 48.6 Å². The fraction of sp³-hybridized carbons (Fsp3) is 0.571. The van der Waals surface area contributed by atoms with Crippen molar-refractivity contribution in [1.82, 2.24) is 29.8 Å². The first-order chi connectivity index (χ1) is 13.9. The van der Waals surface area contributed by atoms with E-state index in [9.17, 15) is 0 Å². The lowest BCUT2D eigenvalue weighted by molar-refractivity contribution is 0.423. The van der Waals surface area contributed by atoms with Crippen LogP contribution in [0, 0.1) is 12.8 Å². The summed E-state index contributed by atoms with van der Waals surface area (Å²) in [5, 5.41) is 16.9. The van der Waals surface area contributed by atoms with Crippen LogP contribution in [0.4, 0.5) is 11.6 Å². The molecule has 152 valence electrons. The molecule has 0 atom stereocenters. The number of nitrogens with zero attached hydrogens (tertiary/aromatic N) is 7. The van der Waals surface area contributed by atoms with Crippen molar-refractivity contribution >= 4 is 17.3 Å². The van der Waals surface area contributed by atoms with Gasteiger partial charge in [0.2, 0.25) is 0 Å². The van der Waals surface area contributed by atoms with Gasteiger partial charge in [-0.05, 0) is 31.9 Å². The van der Waals surface area contributed by atoms with Gasteiger partial charge in [-0.1, -0.05) is 20.8 Å². The van der Waals surface area contributed by atoms with E-state index < -0.39 is 0 Å². The Balaban J connectivity index is 1.22. The van der Waals surface area contributed by atoms with Crippen LogP contribution in [0.25, 0.3) is 5.65 Å². The fourth-order valence-corrected chi connectivity index (χ4v) is 3.76. The molecule has 1 N–H and O–H groups in total. The van der Waals surface area contributed by atoms with Gasteiger partial charge >= 0.3 is 0 Å². The quantitative estimate of drug-likeness (QED) is 0.714. The lowest BCUT2D eigenvalue weighted by atomic mass is 9.96. The minimum absolute atomic E-state index is 0.0958. The Hall–Kier alpha value is -2.77. The molecule has 0 unspecified atom stereocenters. The molecule has 1 saturated carbocycles. The summed E-state index contributed by atoms with van der Waals surface area (Å²) in [6.45, 7) is 11.3. The van der Waals surface area contributed by atoms with Crippen molar-refractivity contribution in [1.29, 1.82) is 0 Å². The summed E-state index contributed by atoms with van der Waals surface area (Å²) < 4.78 is 1.88. The van der Waals surface area contributed by atoms with Crippen molar-refractivity contribution in [2.75, 3.05) is 29.9 Å². The standard InChI is InChI=1S/C21H28N8/c1-13-9-16(24-19(23-13)15-5-6-15)22-10-14-11-28(12-14)18-8-7-17-25-26-20(21(2,3)4)29(17)27-18/h7-9,14-15H,5-6,10-12H2,1-4H3,(H,22,23,24). The molecule has 0 spiro atoms. The lowest BCUT2D eigenvalue weighted by Gasteiger charge is -2.40. The number of rotatable bonds is 5. The molecule has 0 bridgehead atoms. The van der Waals surface area contributed by atoms with Crippen molar-refractivity contribution in [2.45, 2.75) is 51.9 Å². The van der Waals surface area contributed by atoms with Crippen molar-refractivity contribution in [2.24, 2.45) is 5.92 Å². The number of hydrogen-bond donors (Lipinski definition) is 1. The first-order valence-corrected chi connectivity index (χ1v) is 10.4. The van der Waals surface area contributed by atoms with Crippen LogP contribution in [-0.4, -0.2) is 49.4 Å². The number of nitrogens with one attached hydrogen (secondary N) is 1. The highest BCUT2D eigenvalue weighted by atomic mass is 15.4. The number of aromatic nitrogens is 6. The third-order valence-corrected chi connectivity index (χ3v) is 5.59. The molecule has 1 aliphatic carbocycles. The van der Waals surface area contributed by atoms with Gasteiger partial charge in [0.05, 0.1) is 0 Å². The van der Waals surface area contributed by atoms with Gasteiger partial charge in [-0.3, -0.25) is 0 Å². The molecule has 4 heterocycles. The Labute approximate surface area is 170 Å². The Morgan fingerprint density at radius 1 is 1.10 bits per heavy atom. The van der Waals surface area contributed by atoms with Crippen LogP contribution < -0.4 is 10.2 Å². The van der Waals surface area contributed by atoms with Crippen LogP contribution in [-0.2, 0) is 5.41 Å². The van der Waals surface area contributed by atoms with Crippen LogP contribution in [0.15, 0.2) is 18.2 Å². The lowest BCUT2D eigenvalue weighted by Crippen LogP contribution is -2.50. The van der Waals surface area contributed by atoms with Gasteiger partial charge in [-0.25, -0.2) is 9.97 Å². The number of fused-ring (bicyclic) bond motifs is 1. The second-order valence-corrected chi connectivity index (χ2v) is 9.41. The highest BCUT2D eigenvalue weighted by molar-refractivity contribution is 5.48. The van der Waals surface area contributed by atoms with E-state index in [0.717, 1.165) is 54.3 Å². The van der Waals surface area contributed by atoms with Gasteiger partial charge in [-0.15, -0.1) is 15.3 Å². The average Bonchev–Trinajstić information content (AvgIpc) is 3.38. The van der Waals surface area contributed by atoms with Gasteiger partial charge in [0.15, 0.2) is 11.5 Å². The maximum absolute atomic E-state index is 4.80. The minimum Gasteiger partial charge on any atom is -0.370 e. The van der Waals surface area contributed by atoms with Crippen LogP contribution >= 0.6 is 0 Å². The molecule has 8 nitrogen and oxygen atoms in total. The molecule has 0 amide bonds. The topological polar surface area (TPSA) is 84.1 Å². The molecule has 2 aliphatic rings. The molecule has 3 aromatic heterocycles. The Kier molecular flexibility index (Phi) is 4.18. The number of aryl methyl sites for hydroxylation is 1. The summed E-state index contributed by atoms with van der Waals surface area (Å²) in [4.78, 5) is 11.6. The van der Waals surface area contributed by atoms with Crippen molar-refractivity contribution < 1.29 is 0 Å². The predicted octanol–water partition coefficient (Wildman–Crippen LogP) is 2.95. The highest BCUT2D eigenvalue weighted by Crippen LogP contribution is 2.38. The second-order valence-electron chi connectivity index (χ2n) is 9.41. The summed E-state index contributed by atoms with van der Waals surface area (Å²) in [5.41, 5.74) is 1.74. The molecule has 8 heteroatoms. The third kappa shape index (κ3) is 3.63. The summed E-state index contributed by atoms with van der Waals surface area (Å²) in [6, 6.07) is 6.08. The van der Waals surface area contributed by atoms with E-state index in [-0.39, 0.29) is 5.41 Å². The monoisotopic (exact) mass is 392 g/mol. The normalized spacial score (nSPS) is 17.6. The number of anilines is 2. The Morgan fingerprint density at radius 2 is 1.90 bits per heavy atom. The van der Waals surface area contributed by atoms with Crippen molar-refractivity contribution in [3.63, 3.8) is 0 Å². The average molecular weight is 393 g/mol. The van der Waals surface area contributed by atoms with Crippen LogP contribution in [0.5, 0.6) is 0 Å². The first kappa shape index (κ1) is 18.3. The predicted molar refractivity (Wildman–Crippen MR) is 112 cm³/mol. The molecule has 1 aliphatic heterocycles. The maximum Gasteiger partial charge on any atom is 0.178 e. The van der Waals surface area contributed by atoms with Crippen molar-refractivity contribution in [3.05, 3.63) is 35.5 Å². The van der Waals surface area contributed by atoms with E-state index in [1.54, 1.807) is 0 Å². The summed E-state index contributed by atoms with van der Waals surface area (Å²) >= 11 is 0. The molecular weight excluding hydrogens is 364 g/mol. The maximum atomic E-state index is 4.80. The molecule has 2 fully saturated rings. The Bertz CT molecular complexity index is 1040. The summed E-state index contributed by atoms with van der Waals surface area (Å²) in [6.07, 6.45) is 2.45. The van der Waals surface area contributed by atoms with E-state index in [2.05, 4.69) is 46.2 Å². The highest BCUT2D eigenvalue weighted by Gasteiger charge is 2.30. The SMILES string of the molecule is Cc1cc(NCC2CN(c3ccc4nnc(C(C)(C)C)n4n3)C2)nc(C2CC2)n1. The van der Waals surface area contributed by atoms with Gasteiger partial charge in [-0.2, -0.15) is 4.52 Å². The van der Waals surface area contributed by atoms with Gasteiger partial charge in [0.25, 0.3) is 0 Å². The molecule has 1 saturated heterocycles. The minimum atomic E-state index is -0.0958. The van der Waals surface area contributed by atoms with Crippen LogP contribution in [0.3, 0.4) is 0 Å². The van der Waals surface area contributed by atoms with Crippen LogP contribution in [0.1, 0.15) is 56.9 Å². The molecule has 5 rings (SSSR count). The fourth-order valence-electron chi connectivity index (χ4n) is 3.76. The van der Waals surface area contributed by atoms with Gasteiger partial charge < -0.3 is 10.2 Å². The zero-order valence-electron chi connectivity index (χ0n) is 17.6. The Morgan fingerprint density at radius 3 is 2.62 bits per heavy atom. The molecule has 0 radical (unpaired) electrons. The van der Waals surface area contributed by atoms with E-state index in [0.29, 0.717) is 11.8 Å². The smallest absolute Gasteiger partial charge is 0.178 e. The van der Waals surface area contributed by atoms with Gasteiger partial charge in [0.1, 0.15) is 17.5 Å². The van der Waals surface area contributed by atoms with E-state index >= 15 is 0 Å². The van der Waals surface area contributed by atoms with E-state index in [1.807, 2.05) is 29.6 Å². The largest absolute Gasteiger partial charge is 0.370 e. The summed E-state index contributed by atoms with van der Waals surface area (Å²) in [5.74, 6) is 4.98. The third-order valence-electron chi connectivity index (χ3n) is 5.59. The summed E-state index contributed by atoms with van der Waals surface area (Å²) in [7, 11) is 0. The van der Waals surface area contributed by atoms with E-state index in [1.165, 1.54) is 12.8 Å². The van der Waals surface area contributed by atoms with E-state index in [4.69, 9.17) is 10.1 Å². The molecular formula is C21H28N8. The zero-order chi connectivity index (χ0) is 20.2.